The molecule has 4 N–H and O–H groups in total. The first kappa shape index (κ1) is 19.5. The number of hydrogen-bond donors (Lipinski definition) is 2. The molecule has 26 heavy (non-hydrogen) atoms. The Morgan fingerprint density at radius 3 is 2.27 bits per heavy atom. The van der Waals surface area contributed by atoms with E-state index in [0.717, 1.165) is 6.07 Å². The molecule has 0 fully saturated rings. The van der Waals surface area contributed by atoms with Crippen LogP contribution in [-0.2, 0) is 11.0 Å². The Labute approximate surface area is 142 Å². The van der Waals surface area contributed by atoms with Crippen molar-refractivity contribution >= 4 is 17.8 Å². The summed E-state index contributed by atoms with van der Waals surface area (Å²) in [4.78, 5) is 27.4. The Balaban J connectivity index is 2.47. The Bertz CT molecular complexity index is 768. The van der Waals surface area contributed by atoms with Crippen molar-refractivity contribution in [1.82, 2.24) is 4.90 Å². The van der Waals surface area contributed by atoms with E-state index >= 15 is 0 Å². The zero-order valence-corrected chi connectivity index (χ0v) is 12.9. The van der Waals surface area contributed by atoms with Crippen molar-refractivity contribution in [3.63, 3.8) is 0 Å². The highest BCUT2D eigenvalue weighted by atomic mass is 19.4. The summed E-state index contributed by atoms with van der Waals surface area (Å²) in [6.07, 6.45) is -10.3. The van der Waals surface area contributed by atoms with Crippen LogP contribution in [0.5, 0.6) is 0 Å². The fourth-order valence-electron chi connectivity index (χ4n) is 2.62. The fraction of sp³-hybridized carbons (Fsp3) is 0.357. The highest BCUT2D eigenvalue weighted by Gasteiger charge is 2.45. The maximum atomic E-state index is 12.8. The van der Waals surface area contributed by atoms with Gasteiger partial charge in [0.2, 0.25) is 0 Å². The van der Waals surface area contributed by atoms with Gasteiger partial charge in [-0.1, -0.05) is 6.07 Å². The maximum Gasteiger partial charge on any atom is 0.416 e. The van der Waals surface area contributed by atoms with Crippen LogP contribution in [0.15, 0.2) is 23.2 Å². The highest BCUT2D eigenvalue weighted by molar-refractivity contribution is 6.00. The van der Waals surface area contributed by atoms with E-state index in [2.05, 4.69) is 4.99 Å². The predicted octanol–water partition coefficient (Wildman–Crippen LogP) is 1.95. The fourth-order valence-corrected chi connectivity index (χ4v) is 2.62. The maximum absolute atomic E-state index is 12.8. The molecule has 0 bridgehead atoms. The third-order valence-corrected chi connectivity index (χ3v) is 3.58. The molecular formula is C14H12F6N4O2. The summed E-state index contributed by atoms with van der Waals surface area (Å²) in [5.74, 6) is -2.90. The summed E-state index contributed by atoms with van der Waals surface area (Å²) in [5.41, 5.74) is 8.16. The van der Waals surface area contributed by atoms with Crippen LogP contribution < -0.4 is 11.5 Å². The van der Waals surface area contributed by atoms with Crippen molar-refractivity contribution in [2.75, 3.05) is 6.54 Å². The standard InChI is InChI=1S/C14H12F6N4O2/c15-13(16,17)5-24-9(4-10(25)23-12(21)22)7-2-1-6(14(18,19)20)3-8(7)11(24)26/h1-3,9H,4-5H2,(H4,21,22,23,25)/t9-/m0/s1. The van der Waals surface area contributed by atoms with E-state index in [1.165, 1.54) is 0 Å². The largest absolute Gasteiger partial charge is 0.416 e. The number of nitrogens with zero attached hydrogens (tertiary/aromatic N) is 2. The van der Waals surface area contributed by atoms with Gasteiger partial charge in [-0.2, -0.15) is 31.3 Å². The van der Waals surface area contributed by atoms with Gasteiger partial charge in [-0.15, -0.1) is 0 Å². The monoisotopic (exact) mass is 382 g/mol. The number of carbonyl (C=O) groups is 2. The van der Waals surface area contributed by atoms with Crippen LogP contribution in [0.1, 0.15) is 33.9 Å². The minimum absolute atomic E-state index is 0.133. The van der Waals surface area contributed by atoms with Crippen molar-refractivity contribution in [1.29, 1.82) is 0 Å². The van der Waals surface area contributed by atoms with Gasteiger partial charge in [-0.25, -0.2) is 0 Å². The van der Waals surface area contributed by atoms with Crippen LogP contribution in [0.3, 0.4) is 0 Å². The zero-order chi connectivity index (χ0) is 19.9. The number of carbonyl (C=O) groups excluding carboxylic acids is 2. The number of aliphatic imine (C=N–C) groups is 1. The molecule has 0 saturated heterocycles. The lowest BCUT2D eigenvalue weighted by Crippen LogP contribution is -2.37. The van der Waals surface area contributed by atoms with Gasteiger partial charge in [0.05, 0.1) is 18.0 Å². The number of amides is 2. The molecule has 1 atom stereocenters. The van der Waals surface area contributed by atoms with E-state index < -0.39 is 60.3 Å². The minimum Gasteiger partial charge on any atom is -0.370 e. The molecule has 0 aliphatic carbocycles. The third kappa shape index (κ3) is 4.24. The normalized spacial score (nSPS) is 17.2. The number of halogens is 6. The number of rotatable bonds is 3. The number of fused-ring (bicyclic) bond motifs is 1. The second-order valence-electron chi connectivity index (χ2n) is 5.50. The van der Waals surface area contributed by atoms with Gasteiger partial charge in [0.25, 0.3) is 11.8 Å². The molecule has 1 aromatic carbocycles. The molecule has 1 heterocycles. The van der Waals surface area contributed by atoms with Crippen molar-refractivity contribution in [3.8, 4) is 0 Å². The molecule has 1 aliphatic heterocycles. The lowest BCUT2D eigenvalue weighted by Gasteiger charge is -2.25. The van der Waals surface area contributed by atoms with E-state index in [0.29, 0.717) is 12.1 Å². The molecule has 6 nitrogen and oxygen atoms in total. The summed E-state index contributed by atoms with van der Waals surface area (Å²) < 4.78 is 76.7. The number of guanidine groups is 1. The number of hydrogen-bond acceptors (Lipinski definition) is 2. The van der Waals surface area contributed by atoms with Crippen LogP contribution in [0.25, 0.3) is 0 Å². The van der Waals surface area contributed by atoms with E-state index in [-0.39, 0.29) is 10.5 Å². The van der Waals surface area contributed by atoms with Crippen LogP contribution in [0.2, 0.25) is 0 Å². The van der Waals surface area contributed by atoms with Gasteiger partial charge in [-0.3, -0.25) is 9.59 Å². The van der Waals surface area contributed by atoms with Crippen molar-refractivity contribution in [3.05, 3.63) is 34.9 Å². The molecule has 12 heteroatoms. The summed E-state index contributed by atoms with van der Waals surface area (Å²) in [7, 11) is 0. The van der Waals surface area contributed by atoms with Crippen molar-refractivity contribution in [2.24, 2.45) is 16.5 Å². The lowest BCUT2D eigenvalue weighted by molar-refractivity contribution is -0.145. The molecule has 0 radical (unpaired) electrons. The first-order valence-corrected chi connectivity index (χ1v) is 7.01. The Morgan fingerprint density at radius 2 is 1.77 bits per heavy atom. The molecule has 1 aromatic rings. The Kier molecular flexibility index (Phi) is 4.88. The smallest absolute Gasteiger partial charge is 0.370 e. The first-order valence-electron chi connectivity index (χ1n) is 7.01. The van der Waals surface area contributed by atoms with Gasteiger partial charge in [-0.05, 0) is 17.7 Å². The summed E-state index contributed by atoms with van der Waals surface area (Å²) in [6, 6.07) is 0.532. The van der Waals surface area contributed by atoms with E-state index in [1.807, 2.05) is 0 Å². The van der Waals surface area contributed by atoms with Gasteiger partial charge in [0.1, 0.15) is 6.54 Å². The van der Waals surface area contributed by atoms with Gasteiger partial charge in [0.15, 0.2) is 5.96 Å². The number of nitrogens with two attached hydrogens (primary N) is 2. The third-order valence-electron chi connectivity index (χ3n) is 3.58. The average Bonchev–Trinajstić information content (AvgIpc) is 2.69. The second-order valence-corrected chi connectivity index (χ2v) is 5.50. The average molecular weight is 382 g/mol. The van der Waals surface area contributed by atoms with E-state index in [4.69, 9.17) is 11.5 Å². The zero-order valence-electron chi connectivity index (χ0n) is 12.9. The molecule has 0 saturated carbocycles. The molecular weight excluding hydrogens is 370 g/mol. The Morgan fingerprint density at radius 1 is 1.15 bits per heavy atom. The summed E-state index contributed by atoms with van der Waals surface area (Å²) in [5, 5.41) is 0. The topological polar surface area (TPSA) is 102 Å². The molecule has 142 valence electrons. The molecule has 2 amide bonds. The molecule has 1 aliphatic rings. The lowest BCUT2D eigenvalue weighted by atomic mass is 9.99. The molecule has 0 aromatic heterocycles. The Hall–Kier alpha value is -2.79. The van der Waals surface area contributed by atoms with Gasteiger partial charge < -0.3 is 16.4 Å². The molecule has 2 rings (SSSR count). The SMILES string of the molecule is NC(N)=NC(=O)C[C@H]1c2ccc(C(F)(F)F)cc2C(=O)N1CC(F)(F)F. The van der Waals surface area contributed by atoms with E-state index in [9.17, 15) is 35.9 Å². The summed E-state index contributed by atoms with van der Waals surface area (Å²) >= 11 is 0. The second kappa shape index (κ2) is 6.50. The quantitative estimate of drug-likeness (QED) is 0.474. The highest BCUT2D eigenvalue weighted by Crippen LogP contribution is 2.40. The van der Waals surface area contributed by atoms with Crippen LogP contribution in [0.4, 0.5) is 26.3 Å². The van der Waals surface area contributed by atoms with Crippen molar-refractivity contribution < 1.29 is 35.9 Å². The predicted molar refractivity (Wildman–Crippen MR) is 76.7 cm³/mol. The van der Waals surface area contributed by atoms with E-state index in [1.54, 1.807) is 0 Å². The van der Waals surface area contributed by atoms with Crippen LogP contribution in [0, 0.1) is 0 Å². The number of benzene rings is 1. The molecule has 0 spiro atoms. The first-order chi connectivity index (χ1) is 11.8. The van der Waals surface area contributed by atoms with Gasteiger partial charge >= 0.3 is 12.4 Å². The van der Waals surface area contributed by atoms with Crippen LogP contribution in [-0.4, -0.2) is 35.4 Å². The molecule has 0 unspecified atom stereocenters. The van der Waals surface area contributed by atoms with Crippen molar-refractivity contribution in [2.45, 2.75) is 24.8 Å². The minimum atomic E-state index is -4.82. The number of alkyl halides is 6. The van der Waals surface area contributed by atoms with Gasteiger partial charge in [0, 0.05) is 5.56 Å². The summed E-state index contributed by atoms with van der Waals surface area (Å²) in [6.45, 7) is -1.73. The van der Waals surface area contributed by atoms with Crippen LogP contribution >= 0.6 is 0 Å².